The molecule has 0 aliphatic heterocycles. The van der Waals surface area contributed by atoms with Crippen LogP contribution in [0, 0.1) is 6.92 Å². The minimum Gasteiger partial charge on any atom is -0.409 e. The third kappa shape index (κ3) is 3.11. The number of nitrogens with zero attached hydrogens (tertiary/aromatic N) is 2. The van der Waals surface area contributed by atoms with Gasteiger partial charge < -0.3 is 15.8 Å². The van der Waals surface area contributed by atoms with Gasteiger partial charge in [-0.05, 0) is 43.7 Å². The van der Waals surface area contributed by atoms with Gasteiger partial charge >= 0.3 is 0 Å². The minimum absolute atomic E-state index is 0.0412. The molecule has 0 aliphatic rings. The maximum Gasteiger partial charge on any atom is 0.172 e. The predicted octanol–water partition coefficient (Wildman–Crippen LogP) is 3.90. The molecular formula is C16H18ClN3O. The second kappa shape index (κ2) is 6.50. The summed E-state index contributed by atoms with van der Waals surface area (Å²) in [7, 11) is 0. The number of hydrogen-bond donors (Lipinski definition) is 2. The Balaban J connectivity index is 2.61. The fourth-order valence-electron chi connectivity index (χ4n) is 2.34. The second-order valence-electron chi connectivity index (χ2n) is 4.68. The third-order valence-corrected chi connectivity index (χ3v) is 3.59. The lowest BCUT2D eigenvalue weighted by Crippen LogP contribution is -2.23. The van der Waals surface area contributed by atoms with E-state index in [1.54, 1.807) is 12.1 Å². The van der Waals surface area contributed by atoms with Crippen molar-refractivity contribution in [3.8, 4) is 0 Å². The second-order valence-corrected chi connectivity index (χ2v) is 5.11. The van der Waals surface area contributed by atoms with Crippen LogP contribution in [0.3, 0.4) is 0 Å². The molecule has 110 valence electrons. The summed E-state index contributed by atoms with van der Waals surface area (Å²) in [5, 5.41) is 12.6. The summed E-state index contributed by atoms with van der Waals surface area (Å²) < 4.78 is 0. The van der Waals surface area contributed by atoms with Gasteiger partial charge in [-0.25, -0.2) is 0 Å². The van der Waals surface area contributed by atoms with Crippen LogP contribution in [0.5, 0.6) is 0 Å². The number of nitrogens with two attached hydrogens (primary N) is 1. The Labute approximate surface area is 129 Å². The van der Waals surface area contributed by atoms with Gasteiger partial charge in [0.15, 0.2) is 5.84 Å². The zero-order chi connectivity index (χ0) is 15.4. The number of oxime groups is 1. The number of halogens is 1. The van der Waals surface area contributed by atoms with E-state index >= 15 is 0 Å². The lowest BCUT2D eigenvalue weighted by molar-refractivity contribution is 0.318. The Kier molecular flexibility index (Phi) is 4.70. The highest BCUT2D eigenvalue weighted by Crippen LogP contribution is 2.32. The molecule has 0 bridgehead atoms. The first-order chi connectivity index (χ1) is 10.1. The molecule has 3 N–H and O–H groups in total. The molecule has 5 heteroatoms. The first-order valence-electron chi connectivity index (χ1n) is 6.69. The van der Waals surface area contributed by atoms with E-state index < -0.39 is 0 Å². The van der Waals surface area contributed by atoms with Gasteiger partial charge in [0, 0.05) is 22.8 Å². The first-order valence-corrected chi connectivity index (χ1v) is 7.07. The van der Waals surface area contributed by atoms with Crippen molar-refractivity contribution in [2.24, 2.45) is 10.9 Å². The molecule has 0 atom stereocenters. The normalized spacial score (nSPS) is 11.5. The minimum atomic E-state index is 0.0412. The average Bonchev–Trinajstić information content (AvgIpc) is 2.50. The van der Waals surface area contributed by atoms with Crippen LogP contribution < -0.4 is 10.6 Å². The lowest BCUT2D eigenvalue weighted by atomic mass is 10.1. The van der Waals surface area contributed by atoms with Crippen molar-refractivity contribution in [1.29, 1.82) is 0 Å². The molecular weight excluding hydrogens is 286 g/mol. The number of aryl methyl sites for hydroxylation is 1. The quantitative estimate of drug-likeness (QED) is 0.390. The predicted molar refractivity (Wildman–Crippen MR) is 87.8 cm³/mol. The smallest absolute Gasteiger partial charge is 0.172 e. The summed E-state index contributed by atoms with van der Waals surface area (Å²) in [5.41, 5.74) is 9.48. The molecule has 0 aliphatic carbocycles. The van der Waals surface area contributed by atoms with Crippen LogP contribution in [0.15, 0.2) is 47.6 Å². The standard InChI is InChI=1S/C16H18ClN3O/c1-3-20(14-7-5-4-6-11(14)2)15-9-8-12(17)10-13(15)16(18)19-21/h4-10,21H,3H2,1-2H3,(H2,18,19). The Bertz CT molecular complexity index is 670. The van der Waals surface area contributed by atoms with Crippen LogP contribution in [-0.4, -0.2) is 17.6 Å². The summed E-state index contributed by atoms with van der Waals surface area (Å²) in [6, 6.07) is 13.5. The first kappa shape index (κ1) is 15.2. The number of hydrogen-bond acceptors (Lipinski definition) is 3. The highest BCUT2D eigenvalue weighted by atomic mass is 35.5. The molecule has 0 spiro atoms. The summed E-state index contributed by atoms with van der Waals surface area (Å²) in [6.45, 7) is 4.85. The Morgan fingerprint density at radius 2 is 1.95 bits per heavy atom. The summed E-state index contributed by atoms with van der Waals surface area (Å²) in [4.78, 5) is 2.11. The van der Waals surface area contributed by atoms with Crippen LogP contribution in [0.2, 0.25) is 5.02 Å². The Morgan fingerprint density at radius 1 is 1.24 bits per heavy atom. The van der Waals surface area contributed by atoms with Crippen LogP contribution >= 0.6 is 11.6 Å². The van der Waals surface area contributed by atoms with Gasteiger partial charge in [-0.2, -0.15) is 0 Å². The van der Waals surface area contributed by atoms with Crippen molar-refractivity contribution >= 4 is 28.8 Å². The molecule has 2 rings (SSSR count). The maximum absolute atomic E-state index is 8.98. The number of amidine groups is 1. The molecule has 0 radical (unpaired) electrons. The molecule has 0 heterocycles. The molecule has 21 heavy (non-hydrogen) atoms. The zero-order valence-corrected chi connectivity index (χ0v) is 12.8. The van der Waals surface area contributed by atoms with E-state index in [0.717, 1.165) is 23.5 Å². The van der Waals surface area contributed by atoms with Crippen LogP contribution in [0.4, 0.5) is 11.4 Å². The summed E-state index contributed by atoms with van der Waals surface area (Å²) in [6.07, 6.45) is 0. The van der Waals surface area contributed by atoms with Gasteiger partial charge in [0.2, 0.25) is 0 Å². The third-order valence-electron chi connectivity index (χ3n) is 3.36. The van der Waals surface area contributed by atoms with Gasteiger partial charge in [-0.3, -0.25) is 0 Å². The zero-order valence-electron chi connectivity index (χ0n) is 12.0. The molecule has 0 aromatic heterocycles. The van der Waals surface area contributed by atoms with Crippen molar-refractivity contribution in [1.82, 2.24) is 0 Å². The molecule has 2 aromatic rings. The van der Waals surface area contributed by atoms with Crippen molar-refractivity contribution in [2.75, 3.05) is 11.4 Å². The molecule has 0 unspecified atom stereocenters. The van der Waals surface area contributed by atoms with Gasteiger partial charge in [0.1, 0.15) is 0 Å². The summed E-state index contributed by atoms with van der Waals surface area (Å²) in [5.74, 6) is 0.0412. The highest BCUT2D eigenvalue weighted by molar-refractivity contribution is 6.31. The lowest BCUT2D eigenvalue weighted by Gasteiger charge is -2.27. The number of para-hydroxylation sites is 1. The van der Waals surface area contributed by atoms with E-state index in [9.17, 15) is 0 Å². The fraction of sp³-hybridized carbons (Fsp3) is 0.188. The van der Waals surface area contributed by atoms with E-state index in [1.807, 2.05) is 24.3 Å². The van der Waals surface area contributed by atoms with Crippen molar-refractivity contribution < 1.29 is 5.21 Å². The molecule has 2 aromatic carbocycles. The van der Waals surface area contributed by atoms with Crippen LogP contribution in [0.25, 0.3) is 0 Å². The Hall–Kier alpha value is -2.20. The van der Waals surface area contributed by atoms with Crippen LogP contribution in [0.1, 0.15) is 18.1 Å². The van der Waals surface area contributed by atoms with E-state index in [1.165, 1.54) is 0 Å². The molecule has 0 amide bonds. The monoisotopic (exact) mass is 303 g/mol. The number of benzene rings is 2. The average molecular weight is 304 g/mol. The topological polar surface area (TPSA) is 61.8 Å². The number of rotatable bonds is 4. The SMILES string of the molecule is CCN(c1ccccc1C)c1ccc(Cl)cc1C(N)=NO. The van der Waals surface area contributed by atoms with E-state index in [2.05, 4.69) is 30.0 Å². The maximum atomic E-state index is 8.98. The molecule has 0 fully saturated rings. The summed E-state index contributed by atoms with van der Waals surface area (Å²) >= 11 is 6.03. The van der Waals surface area contributed by atoms with Crippen molar-refractivity contribution in [3.05, 3.63) is 58.6 Å². The van der Waals surface area contributed by atoms with Crippen molar-refractivity contribution in [2.45, 2.75) is 13.8 Å². The van der Waals surface area contributed by atoms with E-state index in [-0.39, 0.29) is 5.84 Å². The molecule has 4 nitrogen and oxygen atoms in total. The fourth-order valence-corrected chi connectivity index (χ4v) is 2.51. The number of anilines is 2. The van der Waals surface area contributed by atoms with Gasteiger partial charge in [0.05, 0.1) is 5.69 Å². The Morgan fingerprint density at radius 3 is 2.57 bits per heavy atom. The van der Waals surface area contributed by atoms with Gasteiger partial charge in [-0.15, -0.1) is 0 Å². The van der Waals surface area contributed by atoms with Gasteiger partial charge in [0.25, 0.3) is 0 Å². The molecule has 0 saturated carbocycles. The van der Waals surface area contributed by atoms with Crippen LogP contribution in [-0.2, 0) is 0 Å². The van der Waals surface area contributed by atoms with Gasteiger partial charge in [-0.1, -0.05) is 35.0 Å². The van der Waals surface area contributed by atoms with E-state index in [4.69, 9.17) is 22.5 Å². The highest BCUT2D eigenvalue weighted by Gasteiger charge is 2.16. The van der Waals surface area contributed by atoms with Crippen molar-refractivity contribution in [3.63, 3.8) is 0 Å². The largest absolute Gasteiger partial charge is 0.409 e. The van der Waals surface area contributed by atoms with E-state index in [0.29, 0.717) is 10.6 Å². The molecule has 0 saturated heterocycles.